The fraction of sp³-hybridized carbons (Fsp3) is 0.0833. The summed E-state index contributed by atoms with van der Waals surface area (Å²) < 4.78 is 27.0. The normalized spacial score (nSPS) is 14.0. The van der Waals surface area contributed by atoms with Crippen molar-refractivity contribution in [3.8, 4) is 0 Å². The van der Waals surface area contributed by atoms with Crippen molar-refractivity contribution in [1.82, 2.24) is 0 Å². The predicted molar refractivity (Wildman–Crippen MR) is 64.7 cm³/mol. The number of rotatable bonds is 2. The smallest absolute Gasteiger partial charge is 0.253 e. The van der Waals surface area contributed by atoms with E-state index in [0.29, 0.717) is 4.90 Å². The van der Waals surface area contributed by atoms with E-state index in [2.05, 4.69) is 4.47 Å². The first kappa shape index (κ1) is 11.8. The zero-order chi connectivity index (χ0) is 12.3. The maximum atomic E-state index is 12.0. The largest absolute Gasteiger partial charge is 0.293 e. The highest BCUT2D eigenvalue weighted by molar-refractivity contribution is 7.88. The van der Waals surface area contributed by atoms with Crippen LogP contribution in [0.25, 0.3) is 0 Å². The lowest BCUT2D eigenvalue weighted by molar-refractivity contribution is -0.676. The van der Waals surface area contributed by atoms with E-state index >= 15 is 0 Å². The van der Waals surface area contributed by atoms with Crippen LogP contribution in [0.4, 0.5) is 0 Å². The Morgan fingerprint density at radius 3 is 2.29 bits per heavy atom. The number of aryl methyl sites for hydroxylation is 1. The van der Waals surface area contributed by atoms with Crippen molar-refractivity contribution in [1.29, 1.82) is 0 Å². The van der Waals surface area contributed by atoms with Crippen molar-refractivity contribution in [2.45, 2.75) is 11.8 Å². The Morgan fingerprint density at radius 2 is 1.71 bits per heavy atom. The van der Waals surface area contributed by atoms with Gasteiger partial charge in [-0.2, -0.15) is 0 Å². The van der Waals surface area contributed by atoms with Crippen molar-refractivity contribution in [2.24, 2.45) is 4.47 Å². The van der Waals surface area contributed by atoms with E-state index < -0.39 is 10.0 Å². The Balaban J connectivity index is 2.46. The van der Waals surface area contributed by atoms with Gasteiger partial charge in [0.2, 0.25) is 12.4 Å². The first-order valence-corrected chi connectivity index (χ1v) is 6.58. The van der Waals surface area contributed by atoms with E-state index in [4.69, 9.17) is 0 Å². The van der Waals surface area contributed by atoms with Crippen LogP contribution >= 0.6 is 0 Å². The van der Waals surface area contributed by atoms with Gasteiger partial charge < -0.3 is 0 Å². The molecule has 0 bridgehead atoms. The molecule has 1 atom stereocenters. The first-order chi connectivity index (χ1) is 8.08. The van der Waals surface area contributed by atoms with Gasteiger partial charge in [0.25, 0.3) is 10.0 Å². The number of nitrogens with zero attached hydrogens (tertiary/aromatic N) is 2. The van der Waals surface area contributed by atoms with Gasteiger partial charge in [-0.3, -0.25) is 4.55 Å². The van der Waals surface area contributed by atoms with Gasteiger partial charge in [-0.05, 0) is 23.7 Å². The second-order valence-electron chi connectivity index (χ2n) is 3.65. The summed E-state index contributed by atoms with van der Waals surface area (Å²) in [5, 5.41) is 0. The van der Waals surface area contributed by atoms with Crippen LogP contribution in [0.2, 0.25) is 0 Å². The third-order valence-electron chi connectivity index (χ3n) is 2.23. The van der Waals surface area contributed by atoms with Gasteiger partial charge in [-0.15, -0.1) is 0 Å². The Bertz CT molecular complexity index is 615. The second-order valence-corrected chi connectivity index (χ2v) is 5.27. The Labute approximate surface area is 101 Å². The molecule has 2 aromatic rings. The molecular weight excluding hydrogens is 236 g/mol. The van der Waals surface area contributed by atoms with E-state index in [-0.39, 0.29) is 0 Å². The summed E-state index contributed by atoms with van der Waals surface area (Å²) in [6.45, 7) is 1.92. The molecule has 0 radical (unpaired) electrons. The van der Waals surface area contributed by atoms with Gasteiger partial charge in [0.1, 0.15) is 0 Å². The lowest BCUT2D eigenvalue weighted by Gasteiger charge is -1.99. The molecule has 1 heterocycles. The Kier molecular flexibility index (Phi) is 3.21. The monoisotopic (exact) mass is 249 g/mol. The number of hydrogen-bond acceptors (Lipinski definition) is 2. The molecule has 0 aliphatic heterocycles. The first-order valence-electron chi connectivity index (χ1n) is 5.11. The molecule has 1 N–H and O–H groups in total. The maximum Gasteiger partial charge on any atom is 0.253 e. The number of aromatic nitrogens is 1. The zero-order valence-corrected chi connectivity index (χ0v) is 10.2. The van der Waals surface area contributed by atoms with Crippen molar-refractivity contribution in [3.63, 3.8) is 0 Å². The summed E-state index contributed by atoms with van der Waals surface area (Å²) in [5.41, 5.74) is 1.04. The van der Waals surface area contributed by atoms with Crippen LogP contribution in [0.5, 0.6) is 0 Å². The molecule has 0 aliphatic rings. The van der Waals surface area contributed by atoms with Crippen LogP contribution in [0.1, 0.15) is 5.56 Å². The number of benzene rings is 1. The molecule has 1 aromatic carbocycles. The summed E-state index contributed by atoms with van der Waals surface area (Å²) in [4.78, 5) is 0.305. The number of hydrogen-bond donors (Lipinski definition) is 1. The molecular formula is C12H13N2O2S+. The van der Waals surface area contributed by atoms with E-state index in [1.165, 1.54) is 4.68 Å². The predicted octanol–water partition coefficient (Wildman–Crippen LogP) is 2.05. The molecule has 88 valence electrons. The average Bonchev–Trinajstić information content (AvgIpc) is 2.30. The van der Waals surface area contributed by atoms with E-state index in [1.807, 2.05) is 13.0 Å². The molecule has 4 nitrogen and oxygen atoms in total. The Morgan fingerprint density at radius 1 is 1.12 bits per heavy atom. The van der Waals surface area contributed by atoms with Gasteiger partial charge >= 0.3 is 0 Å². The summed E-state index contributed by atoms with van der Waals surface area (Å²) in [7, 11) is -3.39. The molecule has 1 aromatic heterocycles. The topological polar surface area (TPSA) is 53.5 Å². The van der Waals surface area contributed by atoms with Crippen LogP contribution in [0.15, 0.2) is 64.2 Å². The molecule has 0 saturated carbocycles. The molecule has 0 amide bonds. The van der Waals surface area contributed by atoms with Gasteiger partial charge in [0.05, 0.1) is 9.37 Å². The minimum Gasteiger partial charge on any atom is -0.293 e. The quantitative estimate of drug-likeness (QED) is 0.828. The van der Waals surface area contributed by atoms with Crippen LogP contribution in [-0.4, -0.2) is 8.76 Å². The summed E-state index contributed by atoms with van der Waals surface area (Å²) >= 11 is 0. The SMILES string of the molecule is Cc1ccc(S(=O)(O)=N[n+]2ccccc2)cc1. The maximum absolute atomic E-state index is 12.0. The second kappa shape index (κ2) is 4.65. The van der Waals surface area contributed by atoms with Crippen LogP contribution < -0.4 is 4.68 Å². The molecule has 0 saturated heterocycles. The highest BCUT2D eigenvalue weighted by atomic mass is 32.2. The molecule has 0 spiro atoms. The van der Waals surface area contributed by atoms with E-state index in [9.17, 15) is 8.76 Å². The lowest BCUT2D eigenvalue weighted by Crippen LogP contribution is -2.27. The minimum absolute atomic E-state index is 0.305. The summed E-state index contributed by atoms with van der Waals surface area (Å²) in [6, 6.07) is 12.1. The molecule has 0 fully saturated rings. The van der Waals surface area contributed by atoms with Gasteiger partial charge in [-0.25, -0.2) is 4.21 Å². The van der Waals surface area contributed by atoms with E-state index in [0.717, 1.165) is 5.56 Å². The standard InChI is InChI=1S/C12H12N2O2S/c1-11-5-7-12(8-6-11)17(15,16)13-14-9-3-2-4-10-14/h2-10H,1H3/p+1. The molecule has 0 aliphatic carbocycles. The molecule has 5 heteroatoms. The third kappa shape index (κ3) is 2.89. The molecule has 17 heavy (non-hydrogen) atoms. The van der Waals surface area contributed by atoms with Gasteiger partial charge in [0, 0.05) is 12.1 Å². The van der Waals surface area contributed by atoms with Gasteiger partial charge in [-0.1, -0.05) is 23.8 Å². The van der Waals surface area contributed by atoms with Crippen molar-refractivity contribution in [2.75, 3.05) is 0 Å². The summed E-state index contributed by atoms with van der Waals surface area (Å²) in [6.07, 6.45) is 3.23. The fourth-order valence-electron chi connectivity index (χ4n) is 1.33. The molecule has 1 unspecified atom stereocenters. The highest BCUT2D eigenvalue weighted by Gasteiger charge is 2.12. The van der Waals surface area contributed by atoms with Crippen LogP contribution in [0, 0.1) is 6.92 Å². The zero-order valence-electron chi connectivity index (χ0n) is 9.35. The minimum atomic E-state index is -3.39. The third-order valence-corrected chi connectivity index (χ3v) is 3.53. The van der Waals surface area contributed by atoms with Crippen molar-refractivity contribution in [3.05, 3.63) is 60.4 Å². The lowest BCUT2D eigenvalue weighted by atomic mass is 10.2. The molecule has 2 rings (SSSR count). The van der Waals surface area contributed by atoms with Gasteiger partial charge in [0.15, 0.2) is 0 Å². The van der Waals surface area contributed by atoms with E-state index in [1.54, 1.807) is 48.8 Å². The van der Waals surface area contributed by atoms with Crippen molar-refractivity contribution >= 4 is 10.0 Å². The Hall–Kier alpha value is -1.72. The van der Waals surface area contributed by atoms with Crippen LogP contribution in [-0.2, 0) is 10.0 Å². The fourth-order valence-corrected chi connectivity index (χ4v) is 2.28. The van der Waals surface area contributed by atoms with Crippen molar-refractivity contribution < 1.29 is 13.4 Å². The highest BCUT2D eigenvalue weighted by Crippen LogP contribution is 2.11. The van der Waals surface area contributed by atoms with Crippen LogP contribution in [0.3, 0.4) is 0 Å². The number of pyridine rings is 1. The summed E-state index contributed by atoms with van der Waals surface area (Å²) in [5.74, 6) is 0. The average molecular weight is 249 g/mol.